The van der Waals surface area contributed by atoms with Gasteiger partial charge in [0.15, 0.2) is 0 Å². The van der Waals surface area contributed by atoms with Gasteiger partial charge in [-0.3, -0.25) is 4.90 Å². The van der Waals surface area contributed by atoms with Gasteiger partial charge in [-0.1, -0.05) is 32.0 Å². The van der Waals surface area contributed by atoms with Crippen LogP contribution in [0.3, 0.4) is 0 Å². The number of benzene rings is 1. The fourth-order valence-corrected chi connectivity index (χ4v) is 2.79. The monoisotopic (exact) mass is 261 g/mol. The van der Waals surface area contributed by atoms with Crippen LogP contribution < -0.4 is 10.6 Å². The zero-order chi connectivity index (χ0) is 13.8. The Balaban J connectivity index is 2.28. The maximum atomic E-state index is 3.49. The maximum Gasteiger partial charge on any atom is 0.0861 e. The van der Waals surface area contributed by atoms with Crippen LogP contribution in [0.5, 0.6) is 0 Å². The van der Waals surface area contributed by atoms with Gasteiger partial charge in [-0.05, 0) is 36.6 Å². The van der Waals surface area contributed by atoms with Crippen LogP contribution in [-0.2, 0) is 0 Å². The minimum atomic E-state index is 0.334. The molecule has 0 spiro atoms. The van der Waals surface area contributed by atoms with E-state index in [4.69, 9.17) is 0 Å². The zero-order valence-corrected chi connectivity index (χ0v) is 12.7. The first-order valence-electron chi connectivity index (χ1n) is 7.36. The quantitative estimate of drug-likeness (QED) is 0.870. The van der Waals surface area contributed by atoms with Crippen LogP contribution in [0.2, 0.25) is 0 Å². The molecular formula is C16H27N3. The van der Waals surface area contributed by atoms with Gasteiger partial charge in [-0.25, -0.2) is 0 Å². The van der Waals surface area contributed by atoms with Crippen LogP contribution in [0.15, 0.2) is 18.2 Å². The summed E-state index contributed by atoms with van der Waals surface area (Å²) in [6.07, 6.45) is 0.334. The first kappa shape index (κ1) is 14.5. The first-order chi connectivity index (χ1) is 9.13. The molecule has 1 aromatic rings. The summed E-state index contributed by atoms with van der Waals surface area (Å²) < 4.78 is 0. The second-order valence-electron chi connectivity index (χ2n) is 5.75. The molecule has 1 aromatic carbocycles. The molecule has 0 amide bonds. The summed E-state index contributed by atoms with van der Waals surface area (Å²) in [6, 6.07) is 6.90. The zero-order valence-electron chi connectivity index (χ0n) is 12.7. The summed E-state index contributed by atoms with van der Waals surface area (Å²) in [7, 11) is 2.06. The Morgan fingerprint density at radius 2 is 1.89 bits per heavy atom. The number of nitrogens with zero attached hydrogens (tertiary/aromatic N) is 1. The van der Waals surface area contributed by atoms with E-state index in [1.54, 1.807) is 0 Å². The van der Waals surface area contributed by atoms with Crippen molar-refractivity contribution >= 4 is 0 Å². The predicted octanol–water partition coefficient (Wildman–Crippen LogP) is 2.24. The maximum absolute atomic E-state index is 3.49. The van der Waals surface area contributed by atoms with Crippen LogP contribution in [0.25, 0.3) is 0 Å². The third-order valence-electron chi connectivity index (χ3n) is 4.05. The van der Waals surface area contributed by atoms with Crippen LogP contribution in [-0.4, -0.2) is 38.1 Å². The number of nitrogens with one attached hydrogen (secondary N) is 2. The molecule has 2 rings (SSSR count). The molecule has 1 fully saturated rings. The van der Waals surface area contributed by atoms with Gasteiger partial charge in [0.2, 0.25) is 0 Å². The first-order valence-corrected chi connectivity index (χ1v) is 7.36. The van der Waals surface area contributed by atoms with Crippen molar-refractivity contribution in [1.82, 2.24) is 15.5 Å². The fraction of sp³-hybridized carbons (Fsp3) is 0.625. The van der Waals surface area contributed by atoms with Crippen LogP contribution in [0, 0.1) is 6.92 Å². The topological polar surface area (TPSA) is 27.3 Å². The van der Waals surface area contributed by atoms with Crippen molar-refractivity contribution in [2.45, 2.75) is 32.9 Å². The van der Waals surface area contributed by atoms with Gasteiger partial charge in [0.25, 0.3) is 0 Å². The van der Waals surface area contributed by atoms with E-state index in [-0.39, 0.29) is 0 Å². The van der Waals surface area contributed by atoms with Crippen molar-refractivity contribution in [3.8, 4) is 0 Å². The predicted molar refractivity (Wildman–Crippen MR) is 81.5 cm³/mol. The second-order valence-corrected chi connectivity index (χ2v) is 5.75. The molecular weight excluding hydrogens is 234 g/mol. The van der Waals surface area contributed by atoms with Crippen molar-refractivity contribution in [1.29, 1.82) is 0 Å². The number of hydrogen-bond donors (Lipinski definition) is 2. The fourth-order valence-electron chi connectivity index (χ4n) is 2.79. The highest BCUT2D eigenvalue weighted by molar-refractivity contribution is 5.34. The Morgan fingerprint density at radius 1 is 1.21 bits per heavy atom. The number of aryl methyl sites for hydroxylation is 1. The summed E-state index contributed by atoms with van der Waals surface area (Å²) in [5, 5.41) is 6.91. The molecule has 0 saturated carbocycles. The molecule has 3 nitrogen and oxygen atoms in total. The lowest BCUT2D eigenvalue weighted by Crippen LogP contribution is -2.48. The van der Waals surface area contributed by atoms with E-state index in [1.807, 2.05) is 0 Å². The average molecular weight is 261 g/mol. The molecule has 1 atom stereocenters. The molecule has 0 aliphatic carbocycles. The molecule has 1 saturated heterocycles. The number of rotatable bonds is 4. The lowest BCUT2D eigenvalue weighted by molar-refractivity contribution is 0.152. The van der Waals surface area contributed by atoms with Crippen molar-refractivity contribution in [3.63, 3.8) is 0 Å². The Bertz CT molecular complexity index is 408. The van der Waals surface area contributed by atoms with Crippen LogP contribution in [0.1, 0.15) is 42.6 Å². The van der Waals surface area contributed by atoms with E-state index in [0.717, 1.165) is 26.2 Å². The lowest BCUT2D eigenvalue weighted by atomic mass is 9.96. The van der Waals surface area contributed by atoms with E-state index in [9.17, 15) is 0 Å². The highest BCUT2D eigenvalue weighted by Crippen LogP contribution is 2.25. The lowest BCUT2D eigenvalue weighted by Gasteiger charge is -2.36. The van der Waals surface area contributed by atoms with Crippen LogP contribution in [0.4, 0.5) is 0 Å². The molecule has 2 N–H and O–H groups in total. The molecule has 19 heavy (non-hydrogen) atoms. The smallest absolute Gasteiger partial charge is 0.0861 e. The minimum Gasteiger partial charge on any atom is -0.314 e. The Morgan fingerprint density at radius 3 is 2.47 bits per heavy atom. The molecule has 106 valence electrons. The number of piperazine rings is 1. The Kier molecular flexibility index (Phi) is 4.97. The molecule has 0 bridgehead atoms. The summed E-state index contributed by atoms with van der Waals surface area (Å²) in [5.74, 6) is 0.583. The van der Waals surface area contributed by atoms with Crippen molar-refractivity contribution in [3.05, 3.63) is 34.9 Å². The van der Waals surface area contributed by atoms with Gasteiger partial charge in [0, 0.05) is 26.2 Å². The van der Waals surface area contributed by atoms with Gasteiger partial charge in [0.05, 0.1) is 6.17 Å². The van der Waals surface area contributed by atoms with Gasteiger partial charge in [-0.2, -0.15) is 0 Å². The second kappa shape index (κ2) is 6.51. The van der Waals surface area contributed by atoms with E-state index in [2.05, 4.69) is 61.6 Å². The molecule has 3 heteroatoms. The largest absolute Gasteiger partial charge is 0.314 e. The third kappa shape index (κ3) is 3.35. The SMILES string of the molecule is CNC(c1cc(C(C)C)ccc1C)N1CCNCC1. The Hall–Kier alpha value is -0.900. The van der Waals surface area contributed by atoms with Gasteiger partial charge < -0.3 is 10.6 Å². The van der Waals surface area contributed by atoms with Gasteiger partial charge in [-0.15, -0.1) is 0 Å². The summed E-state index contributed by atoms with van der Waals surface area (Å²) in [5.41, 5.74) is 4.23. The minimum absolute atomic E-state index is 0.334. The van der Waals surface area contributed by atoms with Crippen LogP contribution >= 0.6 is 0 Å². The highest BCUT2D eigenvalue weighted by Gasteiger charge is 2.22. The van der Waals surface area contributed by atoms with E-state index >= 15 is 0 Å². The van der Waals surface area contributed by atoms with E-state index in [1.165, 1.54) is 16.7 Å². The molecule has 0 radical (unpaired) electrons. The van der Waals surface area contributed by atoms with E-state index < -0.39 is 0 Å². The number of hydrogen-bond acceptors (Lipinski definition) is 3. The summed E-state index contributed by atoms with van der Waals surface area (Å²) in [4.78, 5) is 2.53. The van der Waals surface area contributed by atoms with Crippen molar-refractivity contribution < 1.29 is 0 Å². The summed E-state index contributed by atoms with van der Waals surface area (Å²) in [6.45, 7) is 11.1. The van der Waals surface area contributed by atoms with Gasteiger partial charge >= 0.3 is 0 Å². The summed E-state index contributed by atoms with van der Waals surface area (Å²) >= 11 is 0. The highest BCUT2D eigenvalue weighted by atomic mass is 15.3. The van der Waals surface area contributed by atoms with E-state index in [0.29, 0.717) is 12.1 Å². The standard InChI is InChI=1S/C16H27N3/c1-12(2)14-6-5-13(3)15(11-14)16(17-4)19-9-7-18-8-10-19/h5-6,11-12,16-18H,7-10H2,1-4H3. The average Bonchev–Trinajstić information content (AvgIpc) is 2.42. The molecule has 1 aliphatic rings. The normalized spacial score (nSPS) is 18.8. The van der Waals surface area contributed by atoms with Crippen molar-refractivity contribution in [2.24, 2.45) is 0 Å². The Labute approximate surface area is 117 Å². The molecule has 1 aliphatic heterocycles. The molecule has 1 heterocycles. The molecule has 0 aromatic heterocycles. The molecule has 1 unspecified atom stereocenters. The van der Waals surface area contributed by atoms with Gasteiger partial charge in [0.1, 0.15) is 0 Å². The van der Waals surface area contributed by atoms with Crippen molar-refractivity contribution in [2.75, 3.05) is 33.2 Å². The third-order valence-corrected chi connectivity index (χ3v) is 4.05.